The lowest BCUT2D eigenvalue weighted by Crippen LogP contribution is -2.50. The number of fused-ring (bicyclic) bond motifs is 2. The van der Waals surface area contributed by atoms with Gasteiger partial charge in [-0.1, -0.05) is 18.6 Å². The molecule has 0 saturated carbocycles. The third kappa shape index (κ3) is 2.46. The van der Waals surface area contributed by atoms with Crippen LogP contribution in [-0.4, -0.2) is 38.1 Å². The SMILES string of the molecule is CN(C)c1ccc(C2(O)CC3CCCC(C2)S3(=O)=O)cc1. The van der Waals surface area contributed by atoms with E-state index in [4.69, 9.17) is 0 Å². The molecule has 2 aliphatic heterocycles. The largest absolute Gasteiger partial charge is 0.385 e. The summed E-state index contributed by atoms with van der Waals surface area (Å²) in [5.41, 5.74) is 0.928. The molecule has 116 valence electrons. The minimum absolute atomic E-state index is 0.340. The molecule has 2 heterocycles. The first-order valence-electron chi connectivity index (χ1n) is 7.56. The van der Waals surface area contributed by atoms with E-state index in [2.05, 4.69) is 0 Å². The quantitative estimate of drug-likeness (QED) is 0.908. The molecule has 2 saturated heterocycles. The van der Waals surface area contributed by atoms with Crippen LogP contribution >= 0.6 is 0 Å². The average Bonchev–Trinajstić information content (AvgIpc) is 2.41. The van der Waals surface area contributed by atoms with Gasteiger partial charge in [-0.2, -0.15) is 0 Å². The third-order valence-corrected chi connectivity index (χ3v) is 7.70. The van der Waals surface area contributed by atoms with Crippen LogP contribution in [-0.2, 0) is 15.4 Å². The van der Waals surface area contributed by atoms with Crippen LogP contribution in [0.25, 0.3) is 0 Å². The highest BCUT2D eigenvalue weighted by atomic mass is 32.2. The average molecular weight is 309 g/mol. The fourth-order valence-electron chi connectivity index (χ4n) is 3.75. The molecule has 2 aliphatic rings. The zero-order valence-electron chi connectivity index (χ0n) is 12.6. The highest BCUT2D eigenvalue weighted by Crippen LogP contribution is 2.46. The molecule has 2 unspecified atom stereocenters. The first kappa shape index (κ1) is 14.9. The fraction of sp³-hybridized carbons (Fsp3) is 0.625. The summed E-state index contributed by atoms with van der Waals surface area (Å²) in [6.45, 7) is 0. The molecular formula is C16H23NO3S. The van der Waals surface area contributed by atoms with Gasteiger partial charge in [0.15, 0.2) is 9.84 Å². The Labute approximate surface area is 126 Å². The Bertz CT molecular complexity index is 601. The number of rotatable bonds is 2. The van der Waals surface area contributed by atoms with Crippen molar-refractivity contribution in [3.8, 4) is 0 Å². The highest BCUT2D eigenvalue weighted by molar-refractivity contribution is 7.92. The van der Waals surface area contributed by atoms with E-state index in [-0.39, 0.29) is 10.5 Å². The first-order valence-corrected chi connectivity index (χ1v) is 9.17. The summed E-state index contributed by atoms with van der Waals surface area (Å²) in [6.07, 6.45) is 3.03. The predicted molar refractivity (Wildman–Crippen MR) is 84.2 cm³/mol. The van der Waals surface area contributed by atoms with Gasteiger partial charge in [-0.15, -0.1) is 0 Å². The van der Waals surface area contributed by atoms with Crippen LogP contribution in [0.2, 0.25) is 0 Å². The molecule has 1 aromatic carbocycles. The van der Waals surface area contributed by atoms with Crippen molar-refractivity contribution in [3.05, 3.63) is 29.8 Å². The van der Waals surface area contributed by atoms with Crippen molar-refractivity contribution in [1.29, 1.82) is 0 Å². The predicted octanol–water partition coefficient (Wildman–Crippen LogP) is 2.07. The van der Waals surface area contributed by atoms with Gasteiger partial charge in [0.2, 0.25) is 0 Å². The van der Waals surface area contributed by atoms with E-state index in [1.54, 1.807) is 0 Å². The highest BCUT2D eigenvalue weighted by Gasteiger charge is 2.50. The van der Waals surface area contributed by atoms with E-state index in [0.29, 0.717) is 25.7 Å². The number of nitrogens with zero attached hydrogens (tertiary/aromatic N) is 1. The van der Waals surface area contributed by atoms with Gasteiger partial charge in [0.25, 0.3) is 0 Å². The number of aliphatic hydroxyl groups is 1. The summed E-state index contributed by atoms with van der Waals surface area (Å²) in [7, 11) is 0.913. The summed E-state index contributed by atoms with van der Waals surface area (Å²) < 4.78 is 24.7. The number of hydrogen-bond donors (Lipinski definition) is 1. The minimum Gasteiger partial charge on any atom is -0.385 e. The van der Waals surface area contributed by atoms with Crippen molar-refractivity contribution < 1.29 is 13.5 Å². The lowest BCUT2D eigenvalue weighted by molar-refractivity contribution is 0.00502. The Morgan fingerprint density at radius 2 is 1.62 bits per heavy atom. The second kappa shape index (κ2) is 4.99. The van der Waals surface area contributed by atoms with E-state index >= 15 is 0 Å². The van der Waals surface area contributed by atoms with Crippen LogP contribution in [0.4, 0.5) is 5.69 Å². The van der Waals surface area contributed by atoms with Crippen molar-refractivity contribution >= 4 is 15.5 Å². The molecule has 5 heteroatoms. The zero-order valence-corrected chi connectivity index (χ0v) is 13.4. The number of hydrogen-bond acceptors (Lipinski definition) is 4. The van der Waals surface area contributed by atoms with Crippen LogP contribution in [0.15, 0.2) is 24.3 Å². The maximum atomic E-state index is 12.3. The Hall–Kier alpha value is -1.07. The van der Waals surface area contributed by atoms with Crippen LogP contribution in [0.5, 0.6) is 0 Å². The van der Waals surface area contributed by atoms with E-state index in [1.807, 2.05) is 43.3 Å². The Balaban J connectivity index is 1.91. The first-order chi connectivity index (χ1) is 9.83. The van der Waals surface area contributed by atoms with Crippen molar-refractivity contribution in [2.24, 2.45) is 0 Å². The molecule has 1 aromatic rings. The van der Waals surface area contributed by atoms with Gasteiger partial charge in [-0.25, -0.2) is 8.42 Å². The summed E-state index contributed by atoms with van der Waals surface area (Å²) in [5, 5.41) is 10.3. The van der Waals surface area contributed by atoms with Crippen LogP contribution in [0.3, 0.4) is 0 Å². The summed E-state index contributed by atoms with van der Waals surface area (Å²) >= 11 is 0. The smallest absolute Gasteiger partial charge is 0.156 e. The zero-order chi connectivity index (χ0) is 15.3. The summed E-state index contributed by atoms with van der Waals surface area (Å²) in [4.78, 5) is 2.01. The van der Waals surface area contributed by atoms with Gasteiger partial charge in [0.1, 0.15) is 0 Å². The van der Waals surface area contributed by atoms with Crippen molar-refractivity contribution in [2.45, 2.75) is 48.2 Å². The van der Waals surface area contributed by atoms with E-state index < -0.39 is 15.4 Å². The Kier molecular flexibility index (Phi) is 3.53. The molecule has 21 heavy (non-hydrogen) atoms. The molecule has 2 fully saturated rings. The van der Waals surface area contributed by atoms with Crippen molar-refractivity contribution in [1.82, 2.24) is 0 Å². The number of benzene rings is 1. The van der Waals surface area contributed by atoms with E-state index in [1.165, 1.54) is 0 Å². The molecule has 2 bridgehead atoms. The lowest BCUT2D eigenvalue weighted by atomic mass is 9.80. The third-order valence-electron chi connectivity index (χ3n) is 5.03. The normalized spacial score (nSPS) is 34.4. The van der Waals surface area contributed by atoms with Crippen molar-refractivity contribution in [2.75, 3.05) is 19.0 Å². The maximum Gasteiger partial charge on any atom is 0.156 e. The van der Waals surface area contributed by atoms with Gasteiger partial charge in [0, 0.05) is 19.8 Å². The molecule has 2 atom stereocenters. The van der Waals surface area contributed by atoms with E-state index in [0.717, 1.165) is 17.7 Å². The standard InChI is InChI=1S/C16H23NO3S/c1-17(2)13-8-6-12(7-9-13)16(18)10-14-4-3-5-15(11-16)21(14,19)20/h6-9,14-15,18H,3-5,10-11H2,1-2H3. The fourth-order valence-corrected chi connectivity index (χ4v) is 6.30. The Morgan fingerprint density at radius 3 is 2.10 bits per heavy atom. The van der Waals surface area contributed by atoms with Gasteiger partial charge in [-0.3, -0.25) is 0 Å². The number of sulfone groups is 1. The van der Waals surface area contributed by atoms with Crippen LogP contribution in [0, 0.1) is 0 Å². The van der Waals surface area contributed by atoms with Gasteiger partial charge >= 0.3 is 0 Å². The molecular weight excluding hydrogens is 286 g/mol. The van der Waals surface area contributed by atoms with Gasteiger partial charge < -0.3 is 10.0 Å². The second-order valence-electron chi connectivity index (χ2n) is 6.65. The molecule has 0 spiro atoms. The maximum absolute atomic E-state index is 12.3. The molecule has 1 N–H and O–H groups in total. The molecule has 0 amide bonds. The molecule has 0 aromatic heterocycles. The van der Waals surface area contributed by atoms with Crippen molar-refractivity contribution in [3.63, 3.8) is 0 Å². The molecule has 3 rings (SSSR count). The van der Waals surface area contributed by atoms with Gasteiger partial charge in [0.05, 0.1) is 16.1 Å². The molecule has 4 nitrogen and oxygen atoms in total. The Morgan fingerprint density at radius 1 is 1.10 bits per heavy atom. The van der Waals surface area contributed by atoms with Gasteiger partial charge in [-0.05, 0) is 43.4 Å². The molecule has 0 aliphatic carbocycles. The minimum atomic E-state index is -3.03. The van der Waals surface area contributed by atoms with Crippen LogP contribution in [0.1, 0.15) is 37.7 Å². The van der Waals surface area contributed by atoms with E-state index in [9.17, 15) is 13.5 Å². The monoisotopic (exact) mass is 309 g/mol. The summed E-state index contributed by atoms with van der Waals surface area (Å²) in [5.74, 6) is 0. The summed E-state index contributed by atoms with van der Waals surface area (Å²) in [6, 6.07) is 7.82. The second-order valence-corrected chi connectivity index (χ2v) is 9.16. The number of anilines is 1. The lowest BCUT2D eigenvalue weighted by Gasteiger charge is -2.44. The topological polar surface area (TPSA) is 57.6 Å². The molecule has 0 radical (unpaired) electrons. The van der Waals surface area contributed by atoms with Crippen LogP contribution < -0.4 is 4.90 Å².